The molecule has 1 fully saturated rings. The Labute approximate surface area is 148 Å². The molecule has 1 aromatic carbocycles. The summed E-state index contributed by atoms with van der Waals surface area (Å²) in [5, 5.41) is 12.3. The zero-order valence-corrected chi connectivity index (χ0v) is 14.9. The summed E-state index contributed by atoms with van der Waals surface area (Å²) in [6.45, 7) is 3.21. The standard InChI is InChI=1S/C19H27NO5/c1-13(11-14-3-5-16(24-2)6-4-14)18(21)20-12-17(19(22)23)15-7-9-25-10-8-15/h3-6,13,15,17H,7-12H2,1-2H3,(H,20,21)(H,22,23). The molecule has 0 saturated carbocycles. The van der Waals surface area contributed by atoms with Crippen LogP contribution in [0.2, 0.25) is 0 Å². The second-order valence-corrected chi connectivity index (χ2v) is 6.59. The monoisotopic (exact) mass is 349 g/mol. The number of aliphatic carboxylic acids is 1. The third kappa shape index (κ3) is 5.74. The van der Waals surface area contributed by atoms with E-state index in [4.69, 9.17) is 9.47 Å². The summed E-state index contributed by atoms with van der Waals surface area (Å²) in [4.78, 5) is 23.9. The molecule has 1 aromatic rings. The first-order valence-electron chi connectivity index (χ1n) is 8.72. The maximum absolute atomic E-state index is 12.3. The summed E-state index contributed by atoms with van der Waals surface area (Å²) in [7, 11) is 1.61. The van der Waals surface area contributed by atoms with E-state index in [1.807, 2.05) is 31.2 Å². The first-order valence-corrected chi connectivity index (χ1v) is 8.72. The van der Waals surface area contributed by atoms with E-state index in [-0.39, 0.29) is 24.3 Å². The summed E-state index contributed by atoms with van der Waals surface area (Å²) in [6, 6.07) is 7.60. The summed E-state index contributed by atoms with van der Waals surface area (Å²) in [5.41, 5.74) is 1.04. The second-order valence-electron chi connectivity index (χ2n) is 6.59. The summed E-state index contributed by atoms with van der Waals surface area (Å²) < 4.78 is 10.4. The maximum Gasteiger partial charge on any atom is 0.308 e. The number of carboxylic acids is 1. The van der Waals surface area contributed by atoms with Crippen LogP contribution < -0.4 is 10.1 Å². The van der Waals surface area contributed by atoms with Gasteiger partial charge in [0.2, 0.25) is 5.91 Å². The van der Waals surface area contributed by atoms with E-state index in [1.165, 1.54) is 0 Å². The number of carbonyl (C=O) groups excluding carboxylic acids is 1. The molecule has 1 aliphatic heterocycles. The molecule has 0 spiro atoms. The molecule has 2 unspecified atom stereocenters. The molecule has 138 valence electrons. The molecule has 2 rings (SSSR count). The summed E-state index contributed by atoms with van der Waals surface area (Å²) >= 11 is 0. The fourth-order valence-electron chi connectivity index (χ4n) is 3.17. The molecule has 6 heteroatoms. The van der Waals surface area contributed by atoms with Crippen molar-refractivity contribution in [3.63, 3.8) is 0 Å². The minimum atomic E-state index is -0.852. The highest BCUT2D eigenvalue weighted by atomic mass is 16.5. The van der Waals surface area contributed by atoms with Gasteiger partial charge >= 0.3 is 5.97 Å². The van der Waals surface area contributed by atoms with Crippen molar-refractivity contribution in [1.82, 2.24) is 5.32 Å². The second kappa shape index (κ2) is 9.42. The Balaban J connectivity index is 1.85. The van der Waals surface area contributed by atoms with Crippen LogP contribution in [-0.4, -0.2) is 43.9 Å². The highest BCUT2D eigenvalue weighted by molar-refractivity contribution is 5.79. The summed E-state index contributed by atoms with van der Waals surface area (Å²) in [6.07, 6.45) is 2.06. The first kappa shape index (κ1) is 19.2. The minimum Gasteiger partial charge on any atom is -0.497 e. The van der Waals surface area contributed by atoms with Gasteiger partial charge in [0.1, 0.15) is 5.75 Å². The molecular weight excluding hydrogens is 322 g/mol. The number of carboxylic acid groups (broad SMARTS) is 1. The maximum atomic E-state index is 12.3. The van der Waals surface area contributed by atoms with E-state index in [1.54, 1.807) is 7.11 Å². The molecule has 0 bridgehead atoms. The van der Waals surface area contributed by atoms with Crippen LogP contribution in [0.3, 0.4) is 0 Å². The number of hydrogen-bond donors (Lipinski definition) is 2. The molecule has 0 radical (unpaired) electrons. The average Bonchev–Trinajstić information content (AvgIpc) is 2.63. The molecule has 0 aliphatic carbocycles. The van der Waals surface area contributed by atoms with E-state index in [2.05, 4.69) is 5.32 Å². The molecule has 1 heterocycles. The smallest absolute Gasteiger partial charge is 0.308 e. The first-order chi connectivity index (χ1) is 12.0. The highest BCUT2D eigenvalue weighted by Gasteiger charge is 2.30. The van der Waals surface area contributed by atoms with Crippen molar-refractivity contribution in [2.45, 2.75) is 26.2 Å². The molecular formula is C19H27NO5. The quantitative estimate of drug-likeness (QED) is 0.751. The number of benzene rings is 1. The van der Waals surface area contributed by atoms with Gasteiger partial charge in [0.15, 0.2) is 0 Å². The number of ether oxygens (including phenoxy) is 2. The molecule has 2 atom stereocenters. The SMILES string of the molecule is COc1ccc(CC(C)C(=O)NCC(C(=O)O)C2CCOCC2)cc1. The zero-order valence-electron chi connectivity index (χ0n) is 14.9. The van der Waals surface area contributed by atoms with Crippen molar-refractivity contribution >= 4 is 11.9 Å². The lowest BCUT2D eigenvalue weighted by Crippen LogP contribution is -2.40. The van der Waals surface area contributed by atoms with Crippen molar-refractivity contribution in [3.05, 3.63) is 29.8 Å². The fourth-order valence-corrected chi connectivity index (χ4v) is 3.17. The number of carbonyl (C=O) groups is 2. The van der Waals surface area contributed by atoms with Crippen molar-refractivity contribution in [1.29, 1.82) is 0 Å². The third-order valence-electron chi connectivity index (χ3n) is 4.80. The predicted molar refractivity (Wildman–Crippen MR) is 93.5 cm³/mol. The zero-order chi connectivity index (χ0) is 18.2. The number of methoxy groups -OCH3 is 1. The van der Waals surface area contributed by atoms with Crippen LogP contribution in [0.1, 0.15) is 25.3 Å². The number of nitrogens with one attached hydrogen (secondary N) is 1. The van der Waals surface area contributed by atoms with Gasteiger partial charge in [-0.3, -0.25) is 9.59 Å². The van der Waals surface area contributed by atoms with Gasteiger partial charge in [-0.05, 0) is 42.9 Å². The van der Waals surface area contributed by atoms with E-state index >= 15 is 0 Å². The van der Waals surface area contributed by atoms with Crippen molar-refractivity contribution in [2.24, 2.45) is 17.8 Å². The van der Waals surface area contributed by atoms with Gasteiger partial charge in [-0.2, -0.15) is 0 Å². The topological polar surface area (TPSA) is 84.9 Å². The van der Waals surface area contributed by atoms with Gasteiger partial charge in [-0.1, -0.05) is 19.1 Å². The van der Waals surface area contributed by atoms with Crippen LogP contribution in [0, 0.1) is 17.8 Å². The van der Waals surface area contributed by atoms with Crippen LogP contribution in [0.5, 0.6) is 5.75 Å². The van der Waals surface area contributed by atoms with E-state index in [9.17, 15) is 14.7 Å². The molecule has 2 N–H and O–H groups in total. The Morgan fingerprint density at radius 3 is 2.48 bits per heavy atom. The van der Waals surface area contributed by atoms with Crippen LogP contribution in [0.25, 0.3) is 0 Å². The van der Waals surface area contributed by atoms with Crippen LogP contribution in [-0.2, 0) is 20.7 Å². The van der Waals surface area contributed by atoms with Crippen molar-refractivity contribution in [2.75, 3.05) is 26.9 Å². The largest absolute Gasteiger partial charge is 0.497 e. The Kier molecular flexibility index (Phi) is 7.25. The van der Waals surface area contributed by atoms with Crippen molar-refractivity contribution in [3.8, 4) is 5.75 Å². The van der Waals surface area contributed by atoms with Gasteiger partial charge in [-0.15, -0.1) is 0 Å². The fraction of sp³-hybridized carbons (Fsp3) is 0.579. The van der Waals surface area contributed by atoms with Crippen LogP contribution in [0.15, 0.2) is 24.3 Å². The van der Waals surface area contributed by atoms with Gasteiger partial charge in [0.05, 0.1) is 13.0 Å². The lowest BCUT2D eigenvalue weighted by atomic mass is 9.86. The van der Waals surface area contributed by atoms with Crippen molar-refractivity contribution < 1.29 is 24.2 Å². The molecule has 1 amide bonds. The van der Waals surface area contributed by atoms with Gasteiger partial charge < -0.3 is 19.9 Å². The van der Waals surface area contributed by atoms with E-state index in [0.29, 0.717) is 19.6 Å². The number of amides is 1. The number of rotatable bonds is 8. The Morgan fingerprint density at radius 1 is 1.28 bits per heavy atom. The predicted octanol–water partition coefficient (Wildman–Crippen LogP) is 2.12. The third-order valence-corrected chi connectivity index (χ3v) is 4.80. The minimum absolute atomic E-state index is 0.0587. The van der Waals surface area contributed by atoms with Crippen LogP contribution >= 0.6 is 0 Å². The lowest BCUT2D eigenvalue weighted by Gasteiger charge is -2.28. The molecule has 1 aliphatic rings. The average molecular weight is 349 g/mol. The summed E-state index contributed by atoms with van der Waals surface area (Å²) in [5.74, 6) is -0.909. The Bertz CT molecular complexity index is 566. The number of hydrogen-bond acceptors (Lipinski definition) is 4. The molecule has 0 aromatic heterocycles. The van der Waals surface area contributed by atoms with Gasteiger partial charge in [0, 0.05) is 25.7 Å². The van der Waals surface area contributed by atoms with E-state index in [0.717, 1.165) is 24.2 Å². The van der Waals surface area contributed by atoms with Gasteiger partial charge in [0.25, 0.3) is 0 Å². The van der Waals surface area contributed by atoms with Gasteiger partial charge in [-0.25, -0.2) is 0 Å². The molecule has 6 nitrogen and oxygen atoms in total. The molecule has 25 heavy (non-hydrogen) atoms. The normalized spacial score (nSPS) is 17.5. The highest BCUT2D eigenvalue weighted by Crippen LogP contribution is 2.24. The van der Waals surface area contributed by atoms with E-state index < -0.39 is 11.9 Å². The Morgan fingerprint density at radius 2 is 1.92 bits per heavy atom. The lowest BCUT2D eigenvalue weighted by molar-refractivity contribution is -0.145. The van der Waals surface area contributed by atoms with Crippen LogP contribution in [0.4, 0.5) is 0 Å². The Hall–Kier alpha value is -2.08. The molecule has 1 saturated heterocycles.